The van der Waals surface area contributed by atoms with E-state index in [-0.39, 0.29) is 5.41 Å². The molecule has 0 saturated heterocycles. The molecule has 0 saturated carbocycles. The molecule has 1 atom stereocenters. The van der Waals surface area contributed by atoms with E-state index in [1.54, 1.807) is 24.3 Å². The molecule has 0 aliphatic heterocycles. The number of benzene rings is 1. The minimum absolute atomic E-state index is 0.229. The molecule has 0 spiro atoms. The number of primary amides is 1. The molecule has 0 heterocycles. The highest BCUT2D eigenvalue weighted by Gasteiger charge is 2.20. The van der Waals surface area contributed by atoms with Crippen LogP contribution in [0.3, 0.4) is 0 Å². The minimum atomic E-state index is -0.417. The first-order chi connectivity index (χ1) is 7.80. The van der Waals surface area contributed by atoms with Crippen LogP contribution in [0.2, 0.25) is 0 Å². The van der Waals surface area contributed by atoms with Crippen LogP contribution in [0.4, 0.5) is 0 Å². The van der Waals surface area contributed by atoms with E-state index in [2.05, 4.69) is 27.7 Å². The van der Waals surface area contributed by atoms with Crippen molar-refractivity contribution in [1.82, 2.24) is 0 Å². The van der Waals surface area contributed by atoms with Gasteiger partial charge in [-0.15, -0.1) is 0 Å². The van der Waals surface area contributed by atoms with Crippen LogP contribution in [0, 0.1) is 11.3 Å². The summed E-state index contributed by atoms with van der Waals surface area (Å²) in [6.45, 7) is 9.41. The maximum Gasteiger partial charge on any atom is 0.248 e. The highest BCUT2D eigenvalue weighted by atomic mass is 16.5. The van der Waals surface area contributed by atoms with Gasteiger partial charge in [0.25, 0.3) is 0 Å². The average Bonchev–Trinajstić information content (AvgIpc) is 2.25. The third-order valence-electron chi connectivity index (χ3n) is 3.12. The molecule has 3 nitrogen and oxygen atoms in total. The van der Waals surface area contributed by atoms with Gasteiger partial charge in [-0.05, 0) is 35.6 Å². The van der Waals surface area contributed by atoms with Crippen LogP contribution in [0.1, 0.15) is 38.1 Å². The molecule has 0 aliphatic carbocycles. The Balaban J connectivity index is 2.56. The van der Waals surface area contributed by atoms with Gasteiger partial charge in [-0.25, -0.2) is 0 Å². The Morgan fingerprint density at radius 1 is 1.29 bits per heavy atom. The molecule has 0 fully saturated rings. The van der Waals surface area contributed by atoms with Crippen LogP contribution in [0.25, 0.3) is 0 Å². The summed E-state index contributed by atoms with van der Waals surface area (Å²) in [7, 11) is 0. The number of carbonyl (C=O) groups is 1. The van der Waals surface area contributed by atoms with E-state index in [0.29, 0.717) is 18.1 Å². The lowest BCUT2D eigenvalue weighted by atomic mass is 9.83. The molecule has 0 radical (unpaired) electrons. The molecule has 94 valence electrons. The Morgan fingerprint density at radius 2 is 1.82 bits per heavy atom. The van der Waals surface area contributed by atoms with Gasteiger partial charge in [0.15, 0.2) is 0 Å². The van der Waals surface area contributed by atoms with E-state index < -0.39 is 5.91 Å². The van der Waals surface area contributed by atoms with Gasteiger partial charge in [0.1, 0.15) is 5.75 Å². The standard InChI is InChI=1S/C14H21NO2/c1-10(14(2,3)4)9-17-12-7-5-11(6-8-12)13(15)16/h5-8,10H,9H2,1-4H3,(H2,15,16). The van der Waals surface area contributed by atoms with Gasteiger partial charge >= 0.3 is 0 Å². The van der Waals surface area contributed by atoms with Crippen molar-refractivity contribution in [2.24, 2.45) is 17.1 Å². The highest BCUT2D eigenvalue weighted by molar-refractivity contribution is 5.92. The smallest absolute Gasteiger partial charge is 0.248 e. The lowest BCUT2D eigenvalue weighted by Gasteiger charge is -2.27. The Kier molecular flexibility index (Phi) is 4.16. The summed E-state index contributed by atoms with van der Waals surface area (Å²) in [5.74, 6) is 0.809. The van der Waals surface area contributed by atoms with Crippen molar-refractivity contribution in [3.8, 4) is 5.75 Å². The Morgan fingerprint density at radius 3 is 2.24 bits per heavy atom. The molecule has 0 bridgehead atoms. The lowest BCUT2D eigenvalue weighted by Crippen LogP contribution is -2.23. The molecular weight excluding hydrogens is 214 g/mol. The van der Waals surface area contributed by atoms with Crippen molar-refractivity contribution >= 4 is 5.91 Å². The largest absolute Gasteiger partial charge is 0.493 e. The van der Waals surface area contributed by atoms with Gasteiger partial charge in [0.05, 0.1) is 6.61 Å². The third-order valence-corrected chi connectivity index (χ3v) is 3.12. The molecular formula is C14H21NO2. The zero-order valence-corrected chi connectivity index (χ0v) is 11.0. The molecule has 0 aromatic heterocycles. The van der Waals surface area contributed by atoms with Gasteiger partial charge in [0, 0.05) is 5.56 Å². The second-order valence-corrected chi connectivity index (χ2v) is 5.47. The van der Waals surface area contributed by atoms with Gasteiger partial charge in [-0.3, -0.25) is 4.79 Å². The fourth-order valence-electron chi connectivity index (χ4n) is 1.19. The van der Waals surface area contributed by atoms with Crippen molar-refractivity contribution in [2.75, 3.05) is 6.61 Å². The number of hydrogen-bond acceptors (Lipinski definition) is 2. The van der Waals surface area contributed by atoms with E-state index in [4.69, 9.17) is 10.5 Å². The molecule has 0 aliphatic rings. The summed E-state index contributed by atoms with van der Waals surface area (Å²) < 4.78 is 5.68. The fourth-order valence-corrected chi connectivity index (χ4v) is 1.19. The van der Waals surface area contributed by atoms with Crippen LogP contribution in [0.15, 0.2) is 24.3 Å². The molecule has 2 N–H and O–H groups in total. The quantitative estimate of drug-likeness (QED) is 0.872. The van der Waals surface area contributed by atoms with Crippen LogP contribution in [0.5, 0.6) is 5.75 Å². The van der Waals surface area contributed by atoms with Gasteiger partial charge in [0.2, 0.25) is 5.91 Å². The third kappa shape index (κ3) is 4.10. The predicted octanol–water partition coefficient (Wildman–Crippen LogP) is 2.85. The summed E-state index contributed by atoms with van der Waals surface area (Å²) >= 11 is 0. The Labute approximate surface area is 103 Å². The second kappa shape index (κ2) is 5.21. The first-order valence-electron chi connectivity index (χ1n) is 5.83. The summed E-state index contributed by atoms with van der Waals surface area (Å²) in [5.41, 5.74) is 5.89. The van der Waals surface area contributed by atoms with E-state index in [9.17, 15) is 4.79 Å². The molecule has 1 aromatic carbocycles. The summed E-state index contributed by atoms with van der Waals surface area (Å²) in [4.78, 5) is 10.9. The van der Waals surface area contributed by atoms with Crippen molar-refractivity contribution in [2.45, 2.75) is 27.7 Å². The van der Waals surface area contributed by atoms with Crippen molar-refractivity contribution < 1.29 is 9.53 Å². The van der Waals surface area contributed by atoms with E-state index in [1.807, 2.05) is 0 Å². The molecule has 1 amide bonds. The highest BCUT2D eigenvalue weighted by Crippen LogP contribution is 2.26. The van der Waals surface area contributed by atoms with Crippen LogP contribution >= 0.6 is 0 Å². The number of nitrogens with two attached hydrogens (primary N) is 1. The number of hydrogen-bond donors (Lipinski definition) is 1. The van der Waals surface area contributed by atoms with Crippen LogP contribution in [-0.4, -0.2) is 12.5 Å². The minimum Gasteiger partial charge on any atom is -0.493 e. The van der Waals surface area contributed by atoms with Crippen molar-refractivity contribution in [3.63, 3.8) is 0 Å². The molecule has 17 heavy (non-hydrogen) atoms. The zero-order chi connectivity index (χ0) is 13.1. The van der Waals surface area contributed by atoms with Crippen LogP contribution < -0.4 is 10.5 Å². The Bertz CT molecular complexity index is 376. The van der Waals surface area contributed by atoms with Gasteiger partial charge in [-0.1, -0.05) is 27.7 Å². The molecule has 1 aromatic rings. The SMILES string of the molecule is CC(COc1ccc(C(N)=O)cc1)C(C)(C)C. The predicted molar refractivity (Wildman–Crippen MR) is 69.1 cm³/mol. The van der Waals surface area contributed by atoms with E-state index in [0.717, 1.165) is 5.75 Å². The van der Waals surface area contributed by atoms with Crippen molar-refractivity contribution in [1.29, 1.82) is 0 Å². The van der Waals surface area contributed by atoms with E-state index in [1.165, 1.54) is 0 Å². The van der Waals surface area contributed by atoms with E-state index >= 15 is 0 Å². The first kappa shape index (κ1) is 13.6. The first-order valence-corrected chi connectivity index (χ1v) is 5.83. The maximum absolute atomic E-state index is 10.9. The topological polar surface area (TPSA) is 52.3 Å². The van der Waals surface area contributed by atoms with Crippen LogP contribution in [-0.2, 0) is 0 Å². The molecule has 1 rings (SSSR count). The van der Waals surface area contributed by atoms with Gasteiger partial charge < -0.3 is 10.5 Å². The maximum atomic E-state index is 10.9. The fraction of sp³-hybridized carbons (Fsp3) is 0.500. The number of amides is 1. The number of rotatable bonds is 4. The number of carbonyl (C=O) groups excluding carboxylic acids is 1. The van der Waals surface area contributed by atoms with Gasteiger partial charge in [-0.2, -0.15) is 0 Å². The molecule has 1 unspecified atom stereocenters. The lowest BCUT2D eigenvalue weighted by molar-refractivity contribution is 0.1000. The normalized spacial score (nSPS) is 13.2. The Hall–Kier alpha value is -1.51. The molecule has 3 heteroatoms. The summed E-state index contributed by atoms with van der Waals surface area (Å²) in [6, 6.07) is 6.91. The average molecular weight is 235 g/mol. The monoisotopic (exact) mass is 235 g/mol. The summed E-state index contributed by atoms with van der Waals surface area (Å²) in [6.07, 6.45) is 0. The summed E-state index contributed by atoms with van der Waals surface area (Å²) in [5, 5.41) is 0. The number of ether oxygens (including phenoxy) is 1. The second-order valence-electron chi connectivity index (χ2n) is 5.47. The van der Waals surface area contributed by atoms with Crippen molar-refractivity contribution in [3.05, 3.63) is 29.8 Å². The zero-order valence-electron chi connectivity index (χ0n) is 11.0.